The molecule has 118 valence electrons. The summed E-state index contributed by atoms with van der Waals surface area (Å²) in [5.74, 6) is -0.0610. The van der Waals surface area contributed by atoms with Gasteiger partial charge in [0.2, 0.25) is 5.91 Å². The van der Waals surface area contributed by atoms with Crippen molar-refractivity contribution in [2.75, 3.05) is 5.32 Å². The van der Waals surface area contributed by atoms with Crippen molar-refractivity contribution in [1.82, 2.24) is 4.98 Å². The number of carbonyl (C=O) groups excluding carboxylic acids is 1. The summed E-state index contributed by atoms with van der Waals surface area (Å²) in [6, 6.07) is 9.26. The molecule has 1 N–H and O–H groups in total. The van der Waals surface area contributed by atoms with E-state index in [1.807, 2.05) is 23.6 Å². The van der Waals surface area contributed by atoms with Gasteiger partial charge in [-0.05, 0) is 35.2 Å². The van der Waals surface area contributed by atoms with Gasteiger partial charge in [0.05, 0.1) is 6.42 Å². The minimum absolute atomic E-state index is 0.0610. The van der Waals surface area contributed by atoms with Gasteiger partial charge in [0.1, 0.15) is 0 Å². The van der Waals surface area contributed by atoms with E-state index in [9.17, 15) is 4.79 Å². The fraction of sp³-hybridized carbons (Fsp3) is 0.125. The molecule has 2 aromatic heterocycles. The van der Waals surface area contributed by atoms with Crippen LogP contribution in [0.25, 0.3) is 0 Å². The second-order valence-corrected chi connectivity index (χ2v) is 7.84. The predicted octanol–water partition coefficient (Wildman–Crippen LogP) is 5.28. The number of anilines is 1. The Morgan fingerprint density at radius 3 is 2.87 bits per heavy atom. The zero-order valence-corrected chi connectivity index (χ0v) is 15.0. The van der Waals surface area contributed by atoms with Gasteiger partial charge in [-0.1, -0.05) is 29.3 Å². The van der Waals surface area contributed by atoms with E-state index in [0.29, 0.717) is 28.0 Å². The van der Waals surface area contributed by atoms with Crippen molar-refractivity contribution in [2.24, 2.45) is 0 Å². The Bertz CT molecular complexity index is 815. The van der Waals surface area contributed by atoms with Gasteiger partial charge < -0.3 is 5.32 Å². The van der Waals surface area contributed by atoms with Crippen molar-refractivity contribution in [3.05, 3.63) is 67.3 Å². The molecule has 23 heavy (non-hydrogen) atoms. The van der Waals surface area contributed by atoms with Crippen LogP contribution in [0.3, 0.4) is 0 Å². The third kappa shape index (κ3) is 4.54. The summed E-state index contributed by atoms with van der Waals surface area (Å²) in [6.07, 6.45) is 2.76. The standard InChI is InChI=1S/C16H12Cl2N2OS2/c17-11-3-4-14(18)10(6-11)7-13-9-19-16(23-13)20-15(21)8-12-2-1-5-22-12/h1-6,9H,7-8H2,(H,19,20,21). The van der Waals surface area contributed by atoms with Crippen molar-refractivity contribution < 1.29 is 4.79 Å². The fourth-order valence-corrected chi connectivity index (χ4v) is 3.98. The molecule has 0 aliphatic carbocycles. The second-order valence-electron chi connectivity index (χ2n) is 4.85. The smallest absolute Gasteiger partial charge is 0.231 e. The Balaban J connectivity index is 1.63. The molecular formula is C16H12Cl2N2OS2. The Morgan fingerprint density at radius 2 is 2.09 bits per heavy atom. The van der Waals surface area contributed by atoms with E-state index in [0.717, 1.165) is 15.3 Å². The van der Waals surface area contributed by atoms with E-state index in [4.69, 9.17) is 23.2 Å². The summed E-state index contributed by atoms with van der Waals surface area (Å²) in [5.41, 5.74) is 0.944. The molecule has 0 unspecified atom stereocenters. The lowest BCUT2D eigenvalue weighted by molar-refractivity contribution is -0.115. The monoisotopic (exact) mass is 382 g/mol. The zero-order valence-electron chi connectivity index (χ0n) is 11.9. The number of halogens is 2. The van der Waals surface area contributed by atoms with Crippen LogP contribution in [0.2, 0.25) is 10.0 Å². The van der Waals surface area contributed by atoms with E-state index >= 15 is 0 Å². The summed E-state index contributed by atoms with van der Waals surface area (Å²) in [4.78, 5) is 18.3. The van der Waals surface area contributed by atoms with Crippen LogP contribution < -0.4 is 5.32 Å². The molecule has 0 aliphatic rings. The van der Waals surface area contributed by atoms with Gasteiger partial charge in [0.15, 0.2) is 5.13 Å². The first kappa shape index (κ1) is 16.5. The maximum absolute atomic E-state index is 12.0. The molecule has 2 heterocycles. The Labute approximate surface area is 151 Å². The number of amides is 1. The molecule has 0 aliphatic heterocycles. The number of nitrogens with one attached hydrogen (secondary N) is 1. The number of thiophene rings is 1. The van der Waals surface area contributed by atoms with E-state index in [2.05, 4.69) is 10.3 Å². The molecule has 0 atom stereocenters. The van der Waals surface area contributed by atoms with Crippen LogP contribution in [0.15, 0.2) is 41.9 Å². The highest BCUT2D eigenvalue weighted by molar-refractivity contribution is 7.15. The lowest BCUT2D eigenvalue weighted by Crippen LogP contribution is -2.13. The van der Waals surface area contributed by atoms with E-state index < -0.39 is 0 Å². The summed E-state index contributed by atoms with van der Waals surface area (Å²) in [6.45, 7) is 0. The van der Waals surface area contributed by atoms with Crippen molar-refractivity contribution in [2.45, 2.75) is 12.8 Å². The third-order valence-electron chi connectivity index (χ3n) is 3.09. The Kier molecular flexibility index (Phi) is 5.33. The number of aromatic nitrogens is 1. The van der Waals surface area contributed by atoms with Gasteiger partial charge in [-0.2, -0.15) is 0 Å². The first-order chi connectivity index (χ1) is 11.1. The molecule has 3 nitrogen and oxygen atoms in total. The number of thiazole rings is 1. The molecule has 0 radical (unpaired) electrons. The third-order valence-corrected chi connectivity index (χ3v) is 5.48. The van der Waals surface area contributed by atoms with Crippen LogP contribution in [0.1, 0.15) is 15.3 Å². The highest BCUT2D eigenvalue weighted by atomic mass is 35.5. The number of rotatable bonds is 5. The summed E-state index contributed by atoms with van der Waals surface area (Å²) < 4.78 is 0. The molecule has 0 spiro atoms. The van der Waals surface area contributed by atoms with Gasteiger partial charge in [-0.3, -0.25) is 4.79 Å². The Hall–Kier alpha value is -1.40. The van der Waals surface area contributed by atoms with Gasteiger partial charge in [-0.15, -0.1) is 22.7 Å². The lowest BCUT2D eigenvalue weighted by atomic mass is 10.1. The van der Waals surface area contributed by atoms with Crippen LogP contribution in [0, 0.1) is 0 Å². The molecule has 7 heteroatoms. The maximum Gasteiger partial charge on any atom is 0.231 e. The average molecular weight is 383 g/mol. The summed E-state index contributed by atoms with van der Waals surface area (Å²) in [7, 11) is 0. The average Bonchev–Trinajstić information content (AvgIpc) is 3.15. The molecule has 3 aromatic rings. The van der Waals surface area contributed by atoms with E-state index in [1.54, 1.807) is 29.7 Å². The molecule has 0 fully saturated rings. The largest absolute Gasteiger partial charge is 0.302 e. The molecule has 1 amide bonds. The van der Waals surface area contributed by atoms with Crippen LogP contribution in [-0.2, 0) is 17.6 Å². The van der Waals surface area contributed by atoms with Crippen LogP contribution >= 0.6 is 45.9 Å². The van der Waals surface area contributed by atoms with E-state index in [-0.39, 0.29) is 5.91 Å². The summed E-state index contributed by atoms with van der Waals surface area (Å²) >= 11 is 15.2. The molecule has 3 rings (SSSR count). The molecule has 0 saturated heterocycles. The first-order valence-corrected chi connectivity index (χ1v) is 9.26. The molecule has 0 saturated carbocycles. The van der Waals surface area contributed by atoms with E-state index in [1.165, 1.54) is 11.3 Å². The SMILES string of the molecule is O=C(Cc1cccs1)Nc1ncc(Cc2cc(Cl)ccc2Cl)s1. The quantitative estimate of drug-likeness (QED) is 0.651. The molecule has 1 aromatic carbocycles. The predicted molar refractivity (Wildman–Crippen MR) is 98.0 cm³/mol. The molecular weight excluding hydrogens is 371 g/mol. The van der Waals surface area contributed by atoms with Crippen molar-refractivity contribution >= 4 is 56.9 Å². The van der Waals surface area contributed by atoms with Gasteiger partial charge >= 0.3 is 0 Å². The maximum atomic E-state index is 12.0. The number of benzene rings is 1. The van der Waals surface area contributed by atoms with Crippen molar-refractivity contribution in [3.63, 3.8) is 0 Å². The van der Waals surface area contributed by atoms with Crippen LogP contribution in [0.4, 0.5) is 5.13 Å². The van der Waals surface area contributed by atoms with Crippen LogP contribution in [-0.4, -0.2) is 10.9 Å². The highest BCUT2D eigenvalue weighted by Crippen LogP contribution is 2.27. The van der Waals surface area contributed by atoms with Crippen molar-refractivity contribution in [1.29, 1.82) is 0 Å². The van der Waals surface area contributed by atoms with Gasteiger partial charge in [0.25, 0.3) is 0 Å². The Morgan fingerprint density at radius 1 is 1.22 bits per heavy atom. The normalized spacial score (nSPS) is 10.7. The first-order valence-electron chi connectivity index (χ1n) is 6.81. The van der Waals surface area contributed by atoms with Crippen molar-refractivity contribution in [3.8, 4) is 0 Å². The second kappa shape index (κ2) is 7.45. The fourth-order valence-electron chi connectivity index (χ4n) is 2.05. The topological polar surface area (TPSA) is 42.0 Å². The summed E-state index contributed by atoms with van der Waals surface area (Å²) in [5, 5.41) is 6.71. The number of hydrogen-bond acceptors (Lipinski definition) is 4. The number of nitrogens with zero attached hydrogens (tertiary/aromatic N) is 1. The lowest BCUT2D eigenvalue weighted by Gasteiger charge is -2.02. The minimum atomic E-state index is -0.0610. The number of carbonyl (C=O) groups is 1. The van der Waals surface area contributed by atoms with Crippen LogP contribution in [0.5, 0.6) is 0 Å². The molecule has 0 bridgehead atoms. The van der Waals surface area contributed by atoms with Gasteiger partial charge in [-0.25, -0.2) is 4.98 Å². The minimum Gasteiger partial charge on any atom is -0.302 e. The van der Waals surface area contributed by atoms with Gasteiger partial charge in [0, 0.05) is 32.4 Å². The number of hydrogen-bond donors (Lipinski definition) is 1. The zero-order chi connectivity index (χ0) is 16.2. The highest BCUT2D eigenvalue weighted by Gasteiger charge is 2.10.